The van der Waals surface area contributed by atoms with Gasteiger partial charge < -0.3 is 5.32 Å². The van der Waals surface area contributed by atoms with Gasteiger partial charge in [-0.15, -0.1) is 0 Å². The van der Waals surface area contributed by atoms with E-state index in [0.717, 1.165) is 22.6 Å². The molecule has 0 saturated heterocycles. The van der Waals surface area contributed by atoms with E-state index in [2.05, 4.69) is 37.2 Å². The Morgan fingerprint density at radius 2 is 2.12 bits per heavy atom. The minimum absolute atomic E-state index is 0.0367. The lowest BCUT2D eigenvalue weighted by Gasteiger charge is -2.06. The highest BCUT2D eigenvalue weighted by molar-refractivity contribution is 9.10. The lowest BCUT2D eigenvalue weighted by Crippen LogP contribution is -2.22. The van der Waals surface area contributed by atoms with Crippen LogP contribution in [-0.2, 0) is 11.3 Å². The van der Waals surface area contributed by atoms with Gasteiger partial charge in [-0.05, 0) is 31.0 Å². The molecule has 94 valence electrons. The van der Waals surface area contributed by atoms with Crippen LogP contribution in [0.15, 0.2) is 22.7 Å². The average Bonchev–Trinajstić information content (AvgIpc) is 2.31. The number of benzene rings is 1. The maximum absolute atomic E-state index is 13.3. The zero-order valence-electron chi connectivity index (χ0n) is 9.31. The summed E-state index contributed by atoms with van der Waals surface area (Å²) in [4.78, 5) is 11.4. The molecular formula is C12H14Br2FNO. The molecule has 1 amide bonds. The maximum atomic E-state index is 13.3. The molecule has 0 aliphatic rings. The van der Waals surface area contributed by atoms with Gasteiger partial charge in [0.2, 0.25) is 5.91 Å². The molecule has 0 aliphatic carbocycles. The van der Waals surface area contributed by atoms with E-state index in [1.807, 2.05) is 0 Å². The SMILES string of the molecule is O=C(CCCCBr)NCc1cc(Br)ccc1F. The summed E-state index contributed by atoms with van der Waals surface area (Å²) in [7, 11) is 0. The van der Waals surface area contributed by atoms with Gasteiger partial charge in [-0.25, -0.2) is 4.39 Å². The van der Waals surface area contributed by atoms with Crippen molar-refractivity contribution in [3.8, 4) is 0 Å². The van der Waals surface area contributed by atoms with Crippen molar-refractivity contribution >= 4 is 37.8 Å². The summed E-state index contributed by atoms with van der Waals surface area (Å²) in [6, 6.07) is 4.70. The maximum Gasteiger partial charge on any atom is 0.220 e. The quantitative estimate of drug-likeness (QED) is 0.602. The van der Waals surface area contributed by atoms with E-state index in [9.17, 15) is 9.18 Å². The molecule has 1 aromatic carbocycles. The second-order valence-electron chi connectivity index (χ2n) is 3.66. The Morgan fingerprint density at radius 3 is 2.82 bits per heavy atom. The van der Waals surface area contributed by atoms with Crippen LogP contribution in [-0.4, -0.2) is 11.2 Å². The monoisotopic (exact) mass is 365 g/mol. The Hall–Kier alpha value is -0.420. The smallest absolute Gasteiger partial charge is 0.220 e. The van der Waals surface area contributed by atoms with E-state index in [-0.39, 0.29) is 18.3 Å². The second kappa shape index (κ2) is 7.82. The number of carbonyl (C=O) groups excluding carboxylic acids is 1. The van der Waals surface area contributed by atoms with Crippen molar-refractivity contribution in [3.63, 3.8) is 0 Å². The van der Waals surface area contributed by atoms with Gasteiger partial charge in [0.15, 0.2) is 0 Å². The Labute approximate surface area is 117 Å². The summed E-state index contributed by atoms with van der Waals surface area (Å²) in [6.07, 6.45) is 2.30. The van der Waals surface area contributed by atoms with Crippen molar-refractivity contribution in [1.29, 1.82) is 0 Å². The first-order chi connectivity index (χ1) is 8.13. The molecule has 0 aliphatic heterocycles. The van der Waals surface area contributed by atoms with E-state index in [0.29, 0.717) is 12.0 Å². The molecule has 0 saturated carbocycles. The van der Waals surface area contributed by atoms with Gasteiger partial charge >= 0.3 is 0 Å². The van der Waals surface area contributed by atoms with E-state index in [1.165, 1.54) is 6.07 Å². The molecule has 0 fully saturated rings. The number of hydrogen-bond donors (Lipinski definition) is 1. The van der Waals surface area contributed by atoms with Crippen LogP contribution in [0.25, 0.3) is 0 Å². The topological polar surface area (TPSA) is 29.1 Å². The summed E-state index contributed by atoms with van der Waals surface area (Å²) in [5.74, 6) is -0.334. The molecule has 5 heteroatoms. The number of hydrogen-bond acceptors (Lipinski definition) is 1. The van der Waals surface area contributed by atoms with Crippen LogP contribution in [0.1, 0.15) is 24.8 Å². The fourth-order valence-electron chi connectivity index (χ4n) is 1.34. The molecule has 17 heavy (non-hydrogen) atoms. The molecule has 1 rings (SSSR count). The summed E-state index contributed by atoms with van der Waals surface area (Å²) in [6.45, 7) is 0.235. The third-order valence-corrected chi connectivity index (χ3v) is 3.33. The molecule has 0 radical (unpaired) electrons. The van der Waals surface area contributed by atoms with Crippen molar-refractivity contribution in [2.45, 2.75) is 25.8 Å². The third-order valence-electron chi connectivity index (χ3n) is 2.27. The molecule has 0 aromatic heterocycles. The molecule has 1 N–H and O–H groups in total. The first-order valence-electron chi connectivity index (χ1n) is 5.40. The van der Waals surface area contributed by atoms with E-state index in [1.54, 1.807) is 12.1 Å². The Morgan fingerprint density at radius 1 is 1.35 bits per heavy atom. The molecule has 0 unspecified atom stereocenters. The Kier molecular flexibility index (Phi) is 6.73. The standard InChI is InChI=1S/C12H14Br2FNO/c13-6-2-1-3-12(17)16-8-9-7-10(14)4-5-11(9)15/h4-5,7H,1-3,6,8H2,(H,16,17). The molecule has 1 aromatic rings. The van der Waals surface area contributed by atoms with Crippen molar-refractivity contribution < 1.29 is 9.18 Å². The first kappa shape index (κ1) is 14.6. The van der Waals surface area contributed by atoms with Gasteiger partial charge in [-0.2, -0.15) is 0 Å². The number of rotatable bonds is 6. The van der Waals surface area contributed by atoms with Gasteiger partial charge in [0.05, 0.1) is 0 Å². The zero-order valence-corrected chi connectivity index (χ0v) is 12.5. The zero-order chi connectivity index (χ0) is 12.7. The molecule has 0 heterocycles. The highest BCUT2D eigenvalue weighted by Gasteiger charge is 2.05. The number of halogens is 3. The van der Waals surface area contributed by atoms with Gasteiger partial charge in [-0.1, -0.05) is 31.9 Å². The largest absolute Gasteiger partial charge is 0.352 e. The molecular weight excluding hydrogens is 353 g/mol. The molecule has 0 bridgehead atoms. The van der Waals surface area contributed by atoms with Gasteiger partial charge in [0.25, 0.3) is 0 Å². The van der Waals surface area contributed by atoms with Crippen LogP contribution in [0.5, 0.6) is 0 Å². The van der Waals surface area contributed by atoms with Crippen LogP contribution in [0.2, 0.25) is 0 Å². The van der Waals surface area contributed by atoms with Crippen molar-refractivity contribution in [2.24, 2.45) is 0 Å². The first-order valence-corrected chi connectivity index (χ1v) is 7.31. The summed E-state index contributed by atoms with van der Waals surface area (Å²) in [5, 5.41) is 3.61. The minimum Gasteiger partial charge on any atom is -0.352 e. The van der Waals surface area contributed by atoms with E-state index >= 15 is 0 Å². The number of amides is 1. The normalized spacial score (nSPS) is 10.3. The molecule has 0 atom stereocenters. The van der Waals surface area contributed by atoms with Crippen LogP contribution < -0.4 is 5.32 Å². The molecule has 2 nitrogen and oxygen atoms in total. The van der Waals surface area contributed by atoms with Crippen molar-refractivity contribution in [3.05, 3.63) is 34.1 Å². The minimum atomic E-state index is -0.297. The number of alkyl halides is 1. The van der Waals surface area contributed by atoms with E-state index < -0.39 is 0 Å². The van der Waals surface area contributed by atoms with E-state index in [4.69, 9.17) is 0 Å². The highest BCUT2D eigenvalue weighted by atomic mass is 79.9. The summed E-state index contributed by atoms with van der Waals surface area (Å²) < 4.78 is 14.2. The van der Waals surface area contributed by atoms with Gasteiger partial charge in [0, 0.05) is 28.3 Å². The lowest BCUT2D eigenvalue weighted by molar-refractivity contribution is -0.121. The average molecular weight is 367 g/mol. The predicted octanol–water partition coefficient (Wildman–Crippen LogP) is 3.77. The van der Waals surface area contributed by atoms with Gasteiger partial charge in [-0.3, -0.25) is 4.79 Å². The fraction of sp³-hybridized carbons (Fsp3) is 0.417. The van der Waals surface area contributed by atoms with Crippen LogP contribution >= 0.6 is 31.9 Å². The van der Waals surface area contributed by atoms with Crippen LogP contribution in [0.4, 0.5) is 4.39 Å². The summed E-state index contributed by atoms with van der Waals surface area (Å²) in [5.41, 5.74) is 0.494. The summed E-state index contributed by atoms with van der Waals surface area (Å²) >= 11 is 6.58. The lowest BCUT2D eigenvalue weighted by atomic mass is 10.2. The number of nitrogens with one attached hydrogen (secondary N) is 1. The van der Waals surface area contributed by atoms with Crippen molar-refractivity contribution in [1.82, 2.24) is 5.32 Å². The number of carbonyl (C=O) groups is 1. The van der Waals surface area contributed by atoms with Crippen LogP contribution in [0, 0.1) is 5.82 Å². The third kappa shape index (κ3) is 5.64. The molecule has 0 spiro atoms. The Bertz CT molecular complexity index is 385. The van der Waals surface area contributed by atoms with Crippen LogP contribution in [0.3, 0.4) is 0 Å². The van der Waals surface area contributed by atoms with Crippen molar-refractivity contribution in [2.75, 3.05) is 5.33 Å². The number of unbranched alkanes of at least 4 members (excludes halogenated alkanes) is 1. The predicted molar refractivity (Wildman–Crippen MR) is 73.6 cm³/mol. The van der Waals surface area contributed by atoms with Gasteiger partial charge in [0.1, 0.15) is 5.82 Å². The second-order valence-corrected chi connectivity index (χ2v) is 5.37. The Balaban J connectivity index is 2.39. The highest BCUT2D eigenvalue weighted by Crippen LogP contribution is 2.15. The fourth-order valence-corrected chi connectivity index (χ4v) is 2.15.